The lowest BCUT2D eigenvalue weighted by Crippen LogP contribution is -2.39. The molecule has 4 rings (SSSR count). The number of urea groups is 1. The molecule has 7 heteroatoms. The Morgan fingerprint density at radius 1 is 0.791 bits per heavy atom. The fourth-order valence-corrected chi connectivity index (χ4v) is 4.27. The molecule has 0 heterocycles. The van der Waals surface area contributed by atoms with Gasteiger partial charge < -0.3 is 15.2 Å². The van der Waals surface area contributed by atoms with Crippen LogP contribution < -0.4 is 15.0 Å². The summed E-state index contributed by atoms with van der Waals surface area (Å²) in [6.45, 7) is 2.35. The number of amides is 2. The summed E-state index contributed by atoms with van der Waals surface area (Å²) in [6, 6.07) is 31.7. The number of benzene rings is 4. The van der Waals surface area contributed by atoms with E-state index in [4.69, 9.17) is 9.84 Å². The first-order valence-corrected chi connectivity index (χ1v) is 14.1. The minimum Gasteiger partial charge on any atom is -0.482 e. The van der Waals surface area contributed by atoms with Crippen LogP contribution in [-0.4, -0.2) is 23.7 Å². The Morgan fingerprint density at radius 3 is 1.91 bits per heavy atom. The molecular formula is C36H33N3O4. The van der Waals surface area contributed by atoms with E-state index >= 15 is 0 Å². The van der Waals surface area contributed by atoms with Gasteiger partial charge in [0.1, 0.15) is 5.75 Å². The third-order valence-electron chi connectivity index (χ3n) is 6.70. The average Bonchev–Trinajstić information content (AvgIpc) is 3.04. The Hall–Kier alpha value is -5.53. The minimum atomic E-state index is -1.05. The maximum Gasteiger partial charge on any atom is 0.341 e. The molecule has 0 saturated heterocycles. The van der Waals surface area contributed by atoms with Crippen LogP contribution in [0.1, 0.15) is 53.1 Å². The number of nitrogens with one attached hydrogen (secondary N) is 1. The van der Waals surface area contributed by atoms with Gasteiger partial charge in [-0.1, -0.05) is 61.6 Å². The van der Waals surface area contributed by atoms with Gasteiger partial charge in [-0.25, -0.2) is 9.59 Å². The van der Waals surface area contributed by atoms with Crippen LogP contribution in [0.3, 0.4) is 0 Å². The number of nitriles is 1. The molecule has 0 fully saturated rings. The van der Waals surface area contributed by atoms with Crippen molar-refractivity contribution in [3.8, 4) is 23.7 Å². The van der Waals surface area contributed by atoms with Crippen molar-refractivity contribution >= 4 is 17.7 Å². The Balaban J connectivity index is 1.43. The van der Waals surface area contributed by atoms with Crippen LogP contribution in [0.15, 0.2) is 97.1 Å². The number of carbonyl (C=O) groups is 2. The number of carboxylic acids is 1. The molecule has 0 aromatic heterocycles. The summed E-state index contributed by atoms with van der Waals surface area (Å²) in [5, 5.41) is 20.9. The summed E-state index contributed by atoms with van der Waals surface area (Å²) >= 11 is 0. The van der Waals surface area contributed by atoms with Gasteiger partial charge in [0.25, 0.3) is 0 Å². The molecule has 2 N–H and O–H groups in total. The van der Waals surface area contributed by atoms with Crippen LogP contribution in [0.4, 0.5) is 10.5 Å². The van der Waals surface area contributed by atoms with Gasteiger partial charge >= 0.3 is 12.0 Å². The van der Waals surface area contributed by atoms with Gasteiger partial charge in [-0.2, -0.15) is 5.26 Å². The quantitative estimate of drug-likeness (QED) is 0.196. The minimum absolute atomic E-state index is 0.263. The number of anilines is 1. The molecule has 0 aliphatic carbocycles. The van der Waals surface area contributed by atoms with Gasteiger partial charge in [-0.05, 0) is 90.2 Å². The zero-order chi connectivity index (χ0) is 30.4. The first-order valence-electron chi connectivity index (χ1n) is 14.1. The fourth-order valence-electron chi connectivity index (χ4n) is 4.27. The lowest BCUT2D eigenvalue weighted by atomic mass is 10.1. The molecule has 7 nitrogen and oxygen atoms in total. The van der Waals surface area contributed by atoms with Gasteiger partial charge in [-0.3, -0.25) is 4.90 Å². The van der Waals surface area contributed by atoms with Crippen molar-refractivity contribution in [3.05, 3.63) is 130 Å². The first kappa shape index (κ1) is 30.4. The molecule has 2 amide bonds. The Morgan fingerprint density at radius 2 is 1.35 bits per heavy atom. The highest BCUT2D eigenvalue weighted by atomic mass is 16.5. The number of ether oxygens (including phenoxy) is 1. The number of carbonyl (C=O) groups excluding carboxylic acids is 1. The van der Waals surface area contributed by atoms with E-state index in [0.717, 1.165) is 28.7 Å². The van der Waals surface area contributed by atoms with Crippen molar-refractivity contribution in [2.24, 2.45) is 0 Å². The van der Waals surface area contributed by atoms with Crippen molar-refractivity contribution in [3.63, 3.8) is 0 Å². The van der Waals surface area contributed by atoms with Crippen LogP contribution >= 0.6 is 0 Å². The van der Waals surface area contributed by atoms with E-state index in [-0.39, 0.29) is 12.6 Å². The molecule has 0 spiro atoms. The summed E-state index contributed by atoms with van der Waals surface area (Å²) in [7, 11) is 0. The van der Waals surface area contributed by atoms with Gasteiger partial charge in [0.2, 0.25) is 0 Å². The largest absolute Gasteiger partial charge is 0.482 e. The highest BCUT2D eigenvalue weighted by Gasteiger charge is 2.16. The average molecular weight is 572 g/mol. The van der Waals surface area contributed by atoms with E-state index in [2.05, 4.69) is 54.4 Å². The summed E-state index contributed by atoms with van der Waals surface area (Å²) < 4.78 is 5.16. The molecule has 43 heavy (non-hydrogen) atoms. The number of unbranched alkanes of at least 4 members (excludes halogenated alkanes) is 1. The summed E-state index contributed by atoms with van der Waals surface area (Å²) in [5.41, 5.74) is 6.08. The molecular weight excluding hydrogens is 538 g/mol. The Kier molecular flexibility index (Phi) is 10.9. The van der Waals surface area contributed by atoms with Crippen molar-refractivity contribution in [1.82, 2.24) is 5.32 Å². The summed E-state index contributed by atoms with van der Waals surface area (Å²) in [6.07, 6.45) is 3.45. The predicted octanol–water partition coefficient (Wildman–Crippen LogP) is 6.68. The van der Waals surface area contributed by atoms with E-state index in [1.54, 1.807) is 53.4 Å². The molecule has 216 valence electrons. The van der Waals surface area contributed by atoms with E-state index in [1.807, 2.05) is 24.3 Å². The van der Waals surface area contributed by atoms with Crippen LogP contribution in [0.5, 0.6) is 5.75 Å². The Bertz CT molecular complexity index is 1610. The summed E-state index contributed by atoms with van der Waals surface area (Å²) in [4.78, 5) is 25.7. The molecule has 0 saturated carbocycles. The van der Waals surface area contributed by atoms with E-state index in [0.29, 0.717) is 23.5 Å². The zero-order valence-corrected chi connectivity index (χ0v) is 24.0. The number of nitrogens with zero attached hydrogens (tertiary/aromatic N) is 2. The number of aliphatic carboxylic acids is 1. The zero-order valence-electron chi connectivity index (χ0n) is 24.0. The third kappa shape index (κ3) is 9.52. The molecule has 0 unspecified atom stereocenters. The van der Waals surface area contributed by atoms with E-state index in [9.17, 15) is 14.9 Å². The standard InChI is InChI=1S/C36H33N3O4/c1-2-3-4-27-5-7-28(8-6-27)9-10-29-11-13-32(14-12-29)25-39(33-19-15-30(23-37)16-20-33)36(42)38-24-31-17-21-34(22-18-31)43-26-35(40)41/h5-8,11-22H,2-4,24-26H2,1H3,(H,38,42)(H,40,41). The second-order valence-electron chi connectivity index (χ2n) is 9.98. The topological polar surface area (TPSA) is 103 Å². The number of hydrogen-bond acceptors (Lipinski definition) is 4. The molecule has 4 aromatic rings. The van der Waals surface area contributed by atoms with E-state index in [1.165, 1.54) is 18.4 Å². The number of rotatable bonds is 11. The van der Waals surface area contributed by atoms with Crippen LogP contribution in [0.2, 0.25) is 0 Å². The van der Waals surface area contributed by atoms with Gasteiger partial charge in [0.05, 0.1) is 18.2 Å². The second-order valence-corrected chi connectivity index (χ2v) is 9.98. The highest BCUT2D eigenvalue weighted by molar-refractivity contribution is 5.92. The molecule has 4 aromatic carbocycles. The number of carboxylic acid groups (broad SMARTS) is 1. The third-order valence-corrected chi connectivity index (χ3v) is 6.70. The molecule has 0 aliphatic rings. The van der Waals surface area contributed by atoms with Crippen LogP contribution in [0, 0.1) is 23.2 Å². The van der Waals surface area contributed by atoms with Crippen LogP contribution in [-0.2, 0) is 24.3 Å². The predicted molar refractivity (Wildman–Crippen MR) is 167 cm³/mol. The fraction of sp³-hybridized carbons (Fsp3) is 0.194. The van der Waals surface area contributed by atoms with Crippen molar-refractivity contribution in [1.29, 1.82) is 5.26 Å². The summed E-state index contributed by atoms with van der Waals surface area (Å²) in [5.74, 6) is 5.82. The maximum atomic E-state index is 13.4. The van der Waals surface area contributed by atoms with E-state index < -0.39 is 12.6 Å². The number of hydrogen-bond donors (Lipinski definition) is 2. The molecule has 0 atom stereocenters. The molecule has 0 aliphatic heterocycles. The second kappa shape index (κ2) is 15.5. The molecule has 0 radical (unpaired) electrons. The smallest absolute Gasteiger partial charge is 0.341 e. The molecule has 0 bridgehead atoms. The van der Waals surface area contributed by atoms with Gasteiger partial charge in [0, 0.05) is 23.4 Å². The maximum absolute atomic E-state index is 13.4. The van der Waals surface area contributed by atoms with Crippen molar-refractivity contribution < 1.29 is 19.4 Å². The van der Waals surface area contributed by atoms with Crippen molar-refractivity contribution in [2.45, 2.75) is 39.3 Å². The Labute approximate surface area is 252 Å². The SMILES string of the molecule is CCCCc1ccc(C#Cc2ccc(CN(C(=O)NCc3ccc(OCC(=O)O)cc3)c3ccc(C#N)cc3)cc2)cc1. The highest BCUT2D eigenvalue weighted by Crippen LogP contribution is 2.20. The van der Waals surface area contributed by atoms with Crippen LogP contribution in [0.25, 0.3) is 0 Å². The number of aryl methyl sites for hydroxylation is 1. The van der Waals surface area contributed by atoms with Gasteiger partial charge in [0.15, 0.2) is 6.61 Å². The van der Waals surface area contributed by atoms with Crippen molar-refractivity contribution in [2.75, 3.05) is 11.5 Å². The first-order chi connectivity index (χ1) is 20.9. The monoisotopic (exact) mass is 571 g/mol. The lowest BCUT2D eigenvalue weighted by Gasteiger charge is -2.24. The lowest BCUT2D eigenvalue weighted by molar-refractivity contribution is -0.139. The van der Waals surface area contributed by atoms with Gasteiger partial charge in [-0.15, -0.1) is 0 Å². The normalized spacial score (nSPS) is 10.1.